The van der Waals surface area contributed by atoms with Crippen LogP contribution in [0.5, 0.6) is 11.5 Å². The molecule has 2 heterocycles. The number of benzene rings is 1. The summed E-state index contributed by atoms with van der Waals surface area (Å²) >= 11 is 0. The molecule has 0 bridgehead atoms. The van der Waals surface area contributed by atoms with E-state index in [4.69, 9.17) is 14.6 Å². The van der Waals surface area contributed by atoms with E-state index in [1.165, 1.54) is 0 Å². The minimum atomic E-state index is -0.978. The predicted octanol–water partition coefficient (Wildman–Crippen LogP) is 2.03. The lowest BCUT2D eigenvalue weighted by atomic mass is 10.1. The van der Waals surface area contributed by atoms with Gasteiger partial charge in [-0.15, -0.1) is 0 Å². The highest BCUT2D eigenvalue weighted by molar-refractivity contribution is 5.94. The molecule has 1 aromatic heterocycles. The Bertz CT molecular complexity index is 814. The third kappa shape index (κ3) is 4.16. The average molecular weight is 374 g/mol. The van der Waals surface area contributed by atoms with Crippen molar-refractivity contribution >= 4 is 22.7 Å². The number of amides is 1. The summed E-state index contributed by atoms with van der Waals surface area (Å²) < 4.78 is 10.8. The highest BCUT2D eigenvalue weighted by Gasteiger charge is 2.25. The summed E-state index contributed by atoms with van der Waals surface area (Å²) in [5.74, 6) is 1.35. The molecule has 0 aliphatic carbocycles. The lowest BCUT2D eigenvalue weighted by Gasteiger charge is -2.41. The van der Waals surface area contributed by atoms with Gasteiger partial charge in [0.25, 0.3) is 0 Å². The topological polar surface area (TPSA) is 87.2 Å². The molecular formula is C19H26N4O4. The zero-order chi connectivity index (χ0) is 19.4. The monoisotopic (exact) mass is 374 g/mol. The molecule has 0 spiro atoms. The summed E-state index contributed by atoms with van der Waals surface area (Å²) in [6.45, 7) is 5.92. The molecule has 0 saturated carbocycles. The van der Waals surface area contributed by atoms with E-state index in [2.05, 4.69) is 27.0 Å². The lowest BCUT2D eigenvalue weighted by Crippen LogP contribution is -2.53. The number of carboxylic acid groups (broad SMARTS) is 1. The third-order valence-corrected chi connectivity index (χ3v) is 5.00. The highest BCUT2D eigenvalue weighted by atomic mass is 16.5. The Balaban J connectivity index is 1.79. The first kappa shape index (κ1) is 19.0. The maximum atomic E-state index is 10.6. The van der Waals surface area contributed by atoms with Gasteiger partial charge in [0.15, 0.2) is 11.5 Å². The van der Waals surface area contributed by atoms with Gasteiger partial charge >= 0.3 is 6.09 Å². The van der Waals surface area contributed by atoms with Gasteiger partial charge in [0.1, 0.15) is 0 Å². The second-order valence-corrected chi connectivity index (χ2v) is 6.62. The van der Waals surface area contributed by atoms with Crippen LogP contribution in [0.25, 0.3) is 10.9 Å². The Morgan fingerprint density at radius 2 is 2.04 bits per heavy atom. The van der Waals surface area contributed by atoms with E-state index in [1.807, 2.05) is 24.4 Å². The van der Waals surface area contributed by atoms with Crippen LogP contribution in [0.15, 0.2) is 24.4 Å². The van der Waals surface area contributed by atoms with Gasteiger partial charge < -0.3 is 24.8 Å². The Kier molecular flexibility index (Phi) is 5.85. The molecule has 1 aliphatic rings. The number of pyridine rings is 1. The van der Waals surface area contributed by atoms with Crippen LogP contribution in [0.4, 0.5) is 10.5 Å². The van der Waals surface area contributed by atoms with Crippen LogP contribution in [0.3, 0.4) is 0 Å². The molecule has 1 amide bonds. The number of hydrogen-bond donors (Lipinski definition) is 2. The van der Waals surface area contributed by atoms with Crippen molar-refractivity contribution in [1.29, 1.82) is 0 Å². The van der Waals surface area contributed by atoms with Gasteiger partial charge in [0.05, 0.1) is 19.7 Å². The first-order valence-electron chi connectivity index (χ1n) is 9.00. The van der Waals surface area contributed by atoms with Gasteiger partial charge in [0.2, 0.25) is 0 Å². The van der Waals surface area contributed by atoms with E-state index in [-0.39, 0.29) is 0 Å². The third-order valence-electron chi connectivity index (χ3n) is 5.00. The summed E-state index contributed by atoms with van der Waals surface area (Å²) in [5.41, 5.74) is 1.99. The molecule has 27 heavy (non-hydrogen) atoms. The molecule has 1 aliphatic heterocycles. The maximum absolute atomic E-state index is 10.6. The maximum Gasteiger partial charge on any atom is 0.404 e. The fraction of sp³-hybridized carbons (Fsp3) is 0.474. The Morgan fingerprint density at radius 1 is 1.30 bits per heavy atom. The zero-order valence-electron chi connectivity index (χ0n) is 15.9. The first-order valence-corrected chi connectivity index (χ1v) is 9.00. The molecule has 0 radical (unpaired) electrons. The van der Waals surface area contributed by atoms with Gasteiger partial charge in [-0.3, -0.25) is 9.88 Å². The Labute approximate surface area is 158 Å². The molecule has 3 rings (SSSR count). The van der Waals surface area contributed by atoms with Crippen LogP contribution in [0, 0.1) is 0 Å². The number of nitrogens with one attached hydrogen (secondary N) is 1. The molecule has 2 aromatic rings. The van der Waals surface area contributed by atoms with Gasteiger partial charge in [0, 0.05) is 62.1 Å². The van der Waals surface area contributed by atoms with Crippen molar-refractivity contribution < 1.29 is 19.4 Å². The number of aromatic nitrogens is 1. The molecule has 1 fully saturated rings. The number of nitrogens with zero attached hydrogens (tertiary/aromatic N) is 3. The number of fused-ring (bicyclic) bond motifs is 1. The van der Waals surface area contributed by atoms with E-state index >= 15 is 0 Å². The minimum absolute atomic E-state index is 0.317. The van der Waals surface area contributed by atoms with Crippen molar-refractivity contribution in [3.8, 4) is 11.5 Å². The molecule has 1 saturated heterocycles. The Morgan fingerprint density at radius 3 is 2.70 bits per heavy atom. The molecule has 8 nitrogen and oxygen atoms in total. The van der Waals surface area contributed by atoms with E-state index in [0.29, 0.717) is 30.6 Å². The molecular weight excluding hydrogens is 348 g/mol. The summed E-state index contributed by atoms with van der Waals surface area (Å²) in [5, 5.41) is 12.2. The van der Waals surface area contributed by atoms with Crippen LogP contribution >= 0.6 is 0 Å². The summed E-state index contributed by atoms with van der Waals surface area (Å²) in [4.78, 5) is 19.7. The smallest absolute Gasteiger partial charge is 0.404 e. The fourth-order valence-corrected chi connectivity index (χ4v) is 3.59. The molecule has 2 N–H and O–H groups in total. The van der Waals surface area contributed by atoms with Crippen molar-refractivity contribution in [2.24, 2.45) is 0 Å². The van der Waals surface area contributed by atoms with Crippen molar-refractivity contribution in [2.45, 2.75) is 13.0 Å². The lowest BCUT2D eigenvalue weighted by molar-refractivity contribution is 0.176. The van der Waals surface area contributed by atoms with Crippen LogP contribution in [0.1, 0.15) is 6.92 Å². The van der Waals surface area contributed by atoms with Gasteiger partial charge in [-0.25, -0.2) is 4.79 Å². The first-order chi connectivity index (χ1) is 13.0. The summed E-state index contributed by atoms with van der Waals surface area (Å²) in [6.07, 6.45) is 0.839. The minimum Gasteiger partial charge on any atom is -0.493 e. The van der Waals surface area contributed by atoms with E-state index in [0.717, 1.165) is 36.2 Å². The van der Waals surface area contributed by atoms with Crippen LogP contribution in [-0.2, 0) is 0 Å². The standard InChI is InChI=1S/C19H26N4O4/c1-13-12-23(9-8-22(13)7-6-21-19(24)25)16-4-5-20-15-11-18(27-3)17(26-2)10-14(15)16/h4-5,10-11,13,21H,6-9,12H2,1-3H3,(H,24,25)/t13-/m0/s1. The largest absolute Gasteiger partial charge is 0.493 e. The normalized spacial score (nSPS) is 17.7. The molecule has 0 unspecified atom stereocenters. The number of methoxy groups -OCH3 is 2. The van der Waals surface area contributed by atoms with E-state index < -0.39 is 6.09 Å². The fourth-order valence-electron chi connectivity index (χ4n) is 3.59. The number of piperazine rings is 1. The summed E-state index contributed by atoms with van der Waals surface area (Å²) in [7, 11) is 3.25. The number of hydrogen-bond acceptors (Lipinski definition) is 6. The second kappa shape index (κ2) is 8.30. The highest BCUT2D eigenvalue weighted by Crippen LogP contribution is 2.36. The number of ether oxygens (including phenoxy) is 2. The van der Waals surface area contributed by atoms with E-state index in [9.17, 15) is 4.79 Å². The van der Waals surface area contributed by atoms with Crippen molar-refractivity contribution in [3.05, 3.63) is 24.4 Å². The van der Waals surface area contributed by atoms with Crippen LogP contribution in [-0.4, -0.2) is 74.1 Å². The summed E-state index contributed by atoms with van der Waals surface area (Å²) in [6, 6.07) is 6.22. The van der Waals surface area contributed by atoms with Crippen LogP contribution < -0.4 is 19.7 Å². The number of anilines is 1. The number of carbonyl (C=O) groups is 1. The SMILES string of the molecule is COc1cc2nccc(N3CCN(CCNC(=O)O)[C@@H](C)C3)c2cc1OC. The molecule has 146 valence electrons. The van der Waals surface area contributed by atoms with Crippen molar-refractivity contribution in [1.82, 2.24) is 15.2 Å². The van der Waals surface area contributed by atoms with Crippen molar-refractivity contribution in [2.75, 3.05) is 51.8 Å². The van der Waals surface area contributed by atoms with Gasteiger partial charge in [-0.2, -0.15) is 0 Å². The van der Waals surface area contributed by atoms with Crippen molar-refractivity contribution in [3.63, 3.8) is 0 Å². The Hall–Kier alpha value is -2.74. The van der Waals surface area contributed by atoms with E-state index in [1.54, 1.807) is 14.2 Å². The van der Waals surface area contributed by atoms with Crippen LogP contribution in [0.2, 0.25) is 0 Å². The predicted molar refractivity (Wildman–Crippen MR) is 104 cm³/mol. The molecule has 8 heteroatoms. The molecule has 1 aromatic carbocycles. The quantitative estimate of drug-likeness (QED) is 0.800. The molecule has 1 atom stereocenters. The average Bonchev–Trinajstić information content (AvgIpc) is 2.67. The van der Waals surface area contributed by atoms with Gasteiger partial charge in [-0.1, -0.05) is 0 Å². The zero-order valence-corrected chi connectivity index (χ0v) is 15.9. The second-order valence-electron chi connectivity index (χ2n) is 6.62. The van der Waals surface area contributed by atoms with Gasteiger partial charge in [-0.05, 0) is 19.1 Å². The number of rotatable bonds is 6.